The van der Waals surface area contributed by atoms with E-state index in [-0.39, 0.29) is 21.0 Å². The summed E-state index contributed by atoms with van der Waals surface area (Å²) >= 11 is 2.95. The molecule has 0 bridgehead atoms. The van der Waals surface area contributed by atoms with Gasteiger partial charge in [0, 0.05) is 19.2 Å². The third-order valence-electron chi connectivity index (χ3n) is 3.32. The third kappa shape index (κ3) is 3.24. The van der Waals surface area contributed by atoms with Gasteiger partial charge in [0.1, 0.15) is 4.90 Å². The van der Waals surface area contributed by atoms with Crippen molar-refractivity contribution < 1.29 is 22.7 Å². The number of carbonyl (C=O) groups is 1. The van der Waals surface area contributed by atoms with E-state index >= 15 is 0 Å². The van der Waals surface area contributed by atoms with Gasteiger partial charge < -0.3 is 9.52 Å². The summed E-state index contributed by atoms with van der Waals surface area (Å²) in [6.45, 7) is 7.58. The number of hydrogen-bond acceptors (Lipinski definition) is 4. The molecule has 1 aromatic heterocycles. The van der Waals surface area contributed by atoms with Crippen LogP contribution in [-0.2, 0) is 10.0 Å². The van der Waals surface area contributed by atoms with E-state index in [1.54, 1.807) is 6.92 Å². The minimum Gasteiger partial charge on any atom is -0.475 e. The topological polar surface area (TPSA) is 87.8 Å². The Bertz CT molecular complexity index is 614. The predicted molar refractivity (Wildman–Crippen MR) is 77.2 cm³/mol. The lowest BCUT2D eigenvalue weighted by Crippen LogP contribution is -2.42. The summed E-state index contributed by atoms with van der Waals surface area (Å²) in [5.41, 5.74) is -0.256. The second kappa shape index (κ2) is 5.50. The average molecular weight is 368 g/mol. The lowest BCUT2D eigenvalue weighted by atomic mass is 9.88. The van der Waals surface area contributed by atoms with Crippen LogP contribution in [0.4, 0.5) is 0 Å². The van der Waals surface area contributed by atoms with Crippen molar-refractivity contribution in [3.05, 3.63) is 16.5 Å². The molecule has 0 spiro atoms. The van der Waals surface area contributed by atoms with Crippen LogP contribution >= 0.6 is 15.9 Å². The molecule has 1 unspecified atom stereocenters. The van der Waals surface area contributed by atoms with Crippen LogP contribution in [0.5, 0.6) is 0 Å². The molecular formula is C12H18BrNO5S. The van der Waals surface area contributed by atoms with Gasteiger partial charge in [0.15, 0.2) is 4.67 Å². The molecule has 114 valence electrons. The lowest BCUT2D eigenvalue weighted by molar-refractivity contribution is 0.0661. The quantitative estimate of drug-likeness (QED) is 0.883. The van der Waals surface area contributed by atoms with Gasteiger partial charge in [-0.3, -0.25) is 0 Å². The molecule has 8 heteroatoms. The van der Waals surface area contributed by atoms with E-state index in [9.17, 15) is 13.2 Å². The highest BCUT2D eigenvalue weighted by Gasteiger charge is 2.35. The molecule has 1 atom stereocenters. The van der Waals surface area contributed by atoms with Crippen LogP contribution in [0.3, 0.4) is 0 Å². The molecule has 1 N–H and O–H groups in total. The maximum Gasteiger partial charge on any atom is 0.371 e. The number of furan rings is 1. The first-order chi connectivity index (χ1) is 8.89. The molecule has 20 heavy (non-hydrogen) atoms. The van der Waals surface area contributed by atoms with E-state index in [0.29, 0.717) is 0 Å². The van der Waals surface area contributed by atoms with Gasteiger partial charge in [-0.1, -0.05) is 20.8 Å². The standard InChI is InChI=1S/C12H18BrNO5S/c1-7(12(2,3)4)14(5)20(17,18)9-6-8(11(15)16)19-10(9)13/h6-7H,1-5H3,(H,15,16). The van der Waals surface area contributed by atoms with Gasteiger partial charge in [-0.05, 0) is 28.3 Å². The van der Waals surface area contributed by atoms with E-state index in [0.717, 1.165) is 6.07 Å². The number of nitrogens with zero attached hydrogens (tertiary/aromatic N) is 1. The first-order valence-corrected chi connectivity index (χ1v) is 8.13. The van der Waals surface area contributed by atoms with Crippen molar-refractivity contribution >= 4 is 31.9 Å². The van der Waals surface area contributed by atoms with Crippen molar-refractivity contribution in [2.45, 2.75) is 38.6 Å². The van der Waals surface area contributed by atoms with Gasteiger partial charge in [-0.25, -0.2) is 13.2 Å². The third-order valence-corrected chi connectivity index (χ3v) is 6.11. The summed E-state index contributed by atoms with van der Waals surface area (Å²) in [7, 11) is -2.37. The van der Waals surface area contributed by atoms with Gasteiger partial charge in [0.05, 0.1) is 0 Å². The highest BCUT2D eigenvalue weighted by atomic mass is 79.9. The number of carboxylic acid groups (broad SMARTS) is 1. The first kappa shape index (κ1) is 17.2. The van der Waals surface area contributed by atoms with Crippen LogP contribution < -0.4 is 0 Å². The highest BCUT2D eigenvalue weighted by Crippen LogP contribution is 2.32. The number of aromatic carboxylic acids is 1. The highest BCUT2D eigenvalue weighted by molar-refractivity contribution is 9.10. The molecule has 1 rings (SSSR count). The molecule has 1 heterocycles. The Morgan fingerprint density at radius 2 is 1.95 bits per heavy atom. The van der Waals surface area contributed by atoms with Crippen LogP contribution in [0.15, 0.2) is 20.0 Å². The normalized spacial score (nSPS) is 14.6. The molecule has 0 saturated heterocycles. The molecule has 0 fully saturated rings. The van der Waals surface area contributed by atoms with Crippen molar-refractivity contribution in [1.82, 2.24) is 4.31 Å². The predicted octanol–water partition coefficient (Wildman–Crippen LogP) is 2.80. The Labute approximate surface area is 126 Å². The zero-order valence-corrected chi connectivity index (χ0v) is 14.4. The fraction of sp³-hybridized carbons (Fsp3) is 0.583. The maximum absolute atomic E-state index is 12.5. The molecule has 0 saturated carbocycles. The second-order valence-electron chi connectivity index (χ2n) is 5.62. The maximum atomic E-state index is 12.5. The second-order valence-corrected chi connectivity index (χ2v) is 8.30. The smallest absolute Gasteiger partial charge is 0.371 e. The Hall–Kier alpha value is -0.860. The SMILES string of the molecule is CC(N(C)S(=O)(=O)c1cc(C(=O)O)oc1Br)C(C)(C)C. The fourth-order valence-corrected chi connectivity index (χ4v) is 3.99. The minimum atomic E-state index is -3.84. The number of halogens is 1. The van der Waals surface area contributed by atoms with E-state index in [1.807, 2.05) is 20.8 Å². The van der Waals surface area contributed by atoms with Crippen molar-refractivity contribution in [1.29, 1.82) is 0 Å². The Balaban J connectivity index is 3.27. The Morgan fingerprint density at radius 1 is 1.45 bits per heavy atom. The largest absolute Gasteiger partial charge is 0.475 e. The average Bonchev–Trinajstić information content (AvgIpc) is 2.68. The summed E-state index contributed by atoms with van der Waals surface area (Å²) in [4.78, 5) is 10.6. The number of carboxylic acids is 1. The van der Waals surface area contributed by atoms with Crippen molar-refractivity contribution in [2.24, 2.45) is 5.41 Å². The molecule has 1 aromatic rings. The molecule has 0 radical (unpaired) electrons. The monoisotopic (exact) mass is 367 g/mol. The number of hydrogen-bond donors (Lipinski definition) is 1. The van der Waals surface area contributed by atoms with Crippen LogP contribution in [-0.4, -0.2) is 36.9 Å². The van der Waals surface area contributed by atoms with Gasteiger partial charge in [-0.15, -0.1) is 0 Å². The van der Waals surface area contributed by atoms with Crippen LogP contribution in [0.25, 0.3) is 0 Å². The zero-order valence-electron chi connectivity index (χ0n) is 12.0. The molecule has 0 amide bonds. The number of rotatable bonds is 4. The van der Waals surface area contributed by atoms with Crippen molar-refractivity contribution in [3.63, 3.8) is 0 Å². The van der Waals surface area contributed by atoms with E-state index in [2.05, 4.69) is 15.9 Å². The van der Waals surface area contributed by atoms with Crippen molar-refractivity contribution in [3.8, 4) is 0 Å². The summed E-state index contributed by atoms with van der Waals surface area (Å²) in [5, 5.41) is 8.84. The molecular weight excluding hydrogens is 350 g/mol. The lowest BCUT2D eigenvalue weighted by Gasteiger charge is -2.34. The van der Waals surface area contributed by atoms with Crippen LogP contribution in [0, 0.1) is 5.41 Å². The summed E-state index contributed by atoms with van der Waals surface area (Å²) in [5.74, 6) is -1.74. The molecule has 0 aliphatic rings. The van der Waals surface area contributed by atoms with Crippen molar-refractivity contribution in [2.75, 3.05) is 7.05 Å². The van der Waals surface area contributed by atoms with Gasteiger partial charge in [0.2, 0.25) is 15.8 Å². The van der Waals surface area contributed by atoms with E-state index in [4.69, 9.17) is 9.52 Å². The van der Waals surface area contributed by atoms with Gasteiger partial charge in [-0.2, -0.15) is 4.31 Å². The minimum absolute atomic E-state index is 0.108. The van der Waals surface area contributed by atoms with E-state index in [1.165, 1.54) is 11.4 Å². The molecule has 0 aliphatic heterocycles. The Morgan fingerprint density at radius 3 is 2.30 bits per heavy atom. The summed E-state index contributed by atoms with van der Waals surface area (Å²) < 4.78 is 31.0. The Kier molecular flexibility index (Phi) is 4.72. The van der Waals surface area contributed by atoms with Gasteiger partial charge in [0.25, 0.3) is 0 Å². The van der Waals surface area contributed by atoms with Gasteiger partial charge >= 0.3 is 5.97 Å². The van der Waals surface area contributed by atoms with E-state index < -0.39 is 21.8 Å². The zero-order chi connectivity index (χ0) is 15.9. The number of sulfonamides is 1. The first-order valence-electron chi connectivity index (χ1n) is 5.89. The van der Waals surface area contributed by atoms with Crippen LogP contribution in [0.1, 0.15) is 38.2 Å². The fourth-order valence-electron chi connectivity index (χ4n) is 1.54. The molecule has 0 aromatic carbocycles. The molecule has 6 nitrogen and oxygen atoms in total. The summed E-state index contributed by atoms with van der Waals surface area (Å²) in [6.07, 6.45) is 0. The van der Waals surface area contributed by atoms with Crippen LogP contribution in [0.2, 0.25) is 0 Å². The molecule has 0 aliphatic carbocycles. The summed E-state index contributed by atoms with van der Waals surface area (Å²) in [6, 6.07) is 0.732.